The molecule has 2 rings (SSSR count). The van der Waals surface area contributed by atoms with Crippen molar-refractivity contribution in [3.05, 3.63) is 18.2 Å². The third kappa shape index (κ3) is 5.20. The third-order valence-electron chi connectivity index (χ3n) is 3.65. The van der Waals surface area contributed by atoms with Crippen molar-refractivity contribution < 1.29 is 19.1 Å². The fourth-order valence-corrected chi connectivity index (χ4v) is 2.50. The molecular formula is C18H25N3O4. The molecule has 136 valence electrons. The molecule has 1 heterocycles. The molecule has 7 nitrogen and oxygen atoms in total. The first-order chi connectivity index (χ1) is 11.9. The number of carbonyl (C=O) groups excluding carboxylic acids is 3. The van der Waals surface area contributed by atoms with Crippen molar-refractivity contribution in [2.45, 2.75) is 33.6 Å². The molecule has 0 atom stereocenters. The summed E-state index contributed by atoms with van der Waals surface area (Å²) >= 11 is 0. The van der Waals surface area contributed by atoms with Gasteiger partial charge >= 0.3 is 0 Å². The first kappa shape index (κ1) is 18.8. The molecule has 1 aromatic carbocycles. The van der Waals surface area contributed by atoms with Gasteiger partial charge in [0, 0.05) is 18.7 Å². The van der Waals surface area contributed by atoms with E-state index in [0.717, 1.165) is 6.42 Å². The van der Waals surface area contributed by atoms with Crippen LogP contribution in [0.5, 0.6) is 5.75 Å². The predicted molar refractivity (Wildman–Crippen MR) is 95.7 cm³/mol. The van der Waals surface area contributed by atoms with Crippen LogP contribution < -0.4 is 20.3 Å². The Labute approximate surface area is 147 Å². The van der Waals surface area contributed by atoms with Crippen LogP contribution in [-0.4, -0.2) is 37.4 Å². The van der Waals surface area contributed by atoms with Gasteiger partial charge in [0.15, 0.2) is 6.61 Å². The SMILES string of the molecule is CCCNC(=O)CN1C(=O)COc2ccc(NC(=O)CC(C)C)cc21. The van der Waals surface area contributed by atoms with Crippen molar-refractivity contribution in [2.75, 3.05) is 29.9 Å². The smallest absolute Gasteiger partial charge is 0.265 e. The van der Waals surface area contributed by atoms with Gasteiger partial charge in [-0.2, -0.15) is 0 Å². The van der Waals surface area contributed by atoms with Crippen molar-refractivity contribution in [3.8, 4) is 5.75 Å². The largest absolute Gasteiger partial charge is 0.482 e. The molecule has 1 aliphatic rings. The Morgan fingerprint density at radius 2 is 2.04 bits per heavy atom. The summed E-state index contributed by atoms with van der Waals surface area (Å²) in [6.45, 7) is 6.29. The van der Waals surface area contributed by atoms with E-state index in [1.54, 1.807) is 18.2 Å². The second-order valence-corrected chi connectivity index (χ2v) is 6.45. The number of ether oxygens (including phenoxy) is 1. The van der Waals surface area contributed by atoms with Gasteiger partial charge in [-0.1, -0.05) is 20.8 Å². The van der Waals surface area contributed by atoms with Crippen LogP contribution in [0.15, 0.2) is 18.2 Å². The third-order valence-corrected chi connectivity index (χ3v) is 3.65. The number of carbonyl (C=O) groups is 3. The molecule has 0 radical (unpaired) electrons. The average Bonchev–Trinajstić information content (AvgIpc) is 2.55. The lowest BCUT2D eigenvalue weighted by molar-refractivity contribution is -0.125. The normalized spacial score (nSPS) is 13.3. The number of nitrogens with one attached hydrogen (secondary N) is 2. The Balaban J connectivity index is 2.16. The standard InChI is InChI=1S/C18H25N3O4/c1-4-7-19-17(23)10-21-14-9-13(20-16(22)8-12(2)3)5-6-15(14)25-11-18(21)24/h5-6,9,12H,4,7-8,10-11H2,1-3H3,(H,19,23)(H,20,22). The number of nitrogens with zero attached hydrogens (tertiary/aromatic N) is 1. The maximum atomic E-state index is 12.2. The molecule has 1 aromatic rings. The molecule has 0 saturated heterocycles. The van der Waals surface area contributed by atoms with E-state index in [4.69, 9.17) is 4.74 Å². The number of benzene rings is 1. The summed E-state index contributed by atoms with van der Waals surface area (Å²) in [5.74, 6) is 0.165. The monoisotopic (exact) mass is 347 g/mol. The van der Waals surface area contributed by atoms with Crippen molar-refractivity contribution in [3.63, 3.8) is 0 Å². The Kier molecular flexibility index (Phi) is 6.38. The number of fused-ring (bicyclic) bond motifs is 1. The van der Waals surface area contributed by atoms with Crippen molar-refractivity contribution in [1.82, 2.24) is 5.32 Å². The van der Waals surface area contributed by atoms with E-state index in [2.05, 4.69) is 10.6 Å². The zero-order valence-corrected chi connectivity index (χ0v) is 14.9. The summed E-state index contributed by atoms with van der Waals surface area (Å²) in [4.78, 5) is 37.5. The summed E-state index contributed by atoms with van der Waals surface area (Å²) in [7, 11) is 0. The Morgan fingerprint density at radius 3 is 2.72 bits per heavy atom. The lowest BCUT2D eigenvalue weighted by Crippen LogP contribution is -2.45. The number of rotatable bonds is 7. The van der Waals surface area contributed by atoms with Crippen LogP contribution >= 0.6 is 0 Å². The zero-order chi connectivity index (χ0) is 18.4. The topological polar surface area (TPSA) is 87.7 Å². The van der Waals surface area contributed by atoms with Gasteiger partial charge in [0.25, 0.3) is 5.91 Å². The number of anilines is 2. The first-order valence-electron chi connectivity index (χ1n) is 8.54. The Bertz CT molecular complexity index is 658. The minimum atomic E-state index is -0.287. The van der Waals surface area contributed by atoms with Crippen molar-refractivity contribution in [2.24, 2.45) is 5.92 Å². The molecule has 7 heteroatoms. The van der Waals surface area contributed by atoms with Gasteiger partial charge in [-0.3, -0.25) is 19.3 Å². The van der Waals surface area contributed by atoms with E-state index < -0.39 is 0 Å². The highest BCUT2D eigenvalue weighted by atomic mass is 16.5. The summed E-state index contributed by atoms with van der Waals surface area (Å²) in [5.41, 5.74) is 1.06. The molecule has 1 aliphatic heterocycles. The van der Waals surface area contributed by atoms with Gasteiger partial charge in [0.1, 0.15) is 12.3 Å². The second kappa shape index (κ2) is 8.50. The quantitative estimate of drug-likeness (QED) is 0.789. The fourth-order valence-electron chi connectivity index (χ4n) is 2.50. The van der Waals surface area contributed by atoms with E-state index in [9.17, 15) is 14.4 Å². The molecule has 0 aliphatic carbocycles. The highest BCUT2D eigenvalue weighted by Crippen LogP contribution is 2.34. The predicted octanol–water partition coefficient (Wildman–Crippen LogP) is 1.92. The highest BCUT2D eigenvalue weighted by Gasteiger charge is 2.27. The van der Waals surface area contributed by atoms with Crippen LogP contribution in [0.4, 0.5) is 11.4 Å². The maximum absolute atomic E-state index is 12.2. The molecule has 0 bridgehead atoms. The van der Waals surface area contributed by atoms with Crippen LogP contribution in [0.3, 0.4) is 0 Å². The highest BCUT2D eigenvalue weighted by molar-refractivity contribution is 6.03. The molecule has 0 spiro atoms. The van der Waals surface area contributed by atoms with Gasteiger partial charge in [-0.05, 0) is 30.5 Å². The minimum absolute atomic E-state index is 0.0708. The maximum Gasteiger partial charge on any atom is 0.265 e. The van der Waals surface area contributed by atoms with E-state index >= 15 is 0 Å². The summed E-state index contributed by atoms with van der Waals surface area (Å²) < 4.78 is 5.42. The summed E-state index contributed by atoms with van der Waals surface area (Å²) in [5, 5.41) is 5.57. The number of hydrogen-bond acceptors (Lipinski definition) is 4. The van der Waals surface area contributed by atoms with Gasteiger partial charge in [0.05, 0.1) is 5.69 Å². The van der Waals surface area contributed by atoms with Crippen LogP contribution in [0.1, 0.15) is 33.6 Å². The fraction of sp³-hybridized carbons (Fsp3) is 0.500. The summed E-state index contributed by atoms with van der Waals surface area (Å²) in [6, 6.07) is 5.09. The second-order valence-electron chi connectivity index (χ2n) is 6.45. The molecule has 2 N–H and O–H groups in total. The molecule has 0 aromatic heterocycles. The van der Waals surface area contributed by atoms with Crippen molar-refractivity contribution >= 4 is 29.1 Å². The number of hydrogen-bond donors (Lipinski definition) is 2. The number of amides is 3. The van der Waals surface area contributed by atoms with Crippen molar-refractivity contribution in [1.29, 1.82) is 0 Å². The molecule has 25 heavy (non-hydrogen) atoms. The van der Waals surface area contributed by atoms with Crippen LogP contribution in [0.25, 0.3) is 0 Å². The van der Waals surface area contributed by atoms with E-state index in [1.807, 2.05) is 20.8 Å². The lowest BCUT2D eigenvalue weighted by Gasteiger charge is -2.29. The van der Waals surface area contributed by atoms with Crippen LogP contribution in [-0.2, 0) is 14.4 Å². The Morgan fingerprint density at radius 1 is 1.28 bits per heavy atom. The van der Waals surface area contributed by atoms with E-state index in [1.165, 1.54) is 4.90 Å². The van der Waals surface area contributed by atoms with Gasteiger partial charge in [0.2, 0.25) is 11.8 Å². The van der Waals surface area contributed by atoms with E-state index in [-0.39, 0.29) is 36.8 Å². The van der Waals surface area contributed by atoms with Crippen LogP contribution in [0, 0.1) is 5.92 Å². The minimum Gasteiger partial charge on any atom is -0.482 e. The molecule has 0 fully saturated rings. The average molecular weight is 347 g/mol. The molecule has 3 amide bonds. The van der Waals surface area contributed by atoms with Gasteiger partial charge in [-0.25, -0.2) is 0 Å². The zero-order valence-electron chi connectivity index (χ0n) is 14.9. The molecule has 0 unspecified atom stereocenters. The van der Waals surface area contributed by atoms with Crippen LogP contribution in [0.2, 0.25) is 0 Å². The van der Waals surface area contributed by atoms with Gasteiger partial charge in [-0.15, -0.1) is 0 Å². The first-order valence-corrected chi connectivity index (χ1v) is 8.54. The molecular weight excluding hydrogens is 322 g/mol. The summed E-state index contributed by atoms with van der Waals surface area (Å²) in [6.07, 6.45) is 1.24. The molecule has 0 saturated carbocycles. The van der Waals surface area contributed by atoms with Gasteiger partial charge < -0.3 is 15.4 Å². The van der Waals surface area contributed by atoms with E-state index in [0.29, 0.717) is 30.1 Å². The lowest BCUT2D eigenvalue weighted by atomic mass is 10.1. The Hall–Kier alpha value is -2.57.